The van der Waals surface area contributed by atoms with E-state index in [9.17, 15) is 4.79 Å². The van der Waals surface area contributed by atoms with Gasteiger partial charge < -0.3 is 24.1 Å². The predicted octanol–water partition coefficient (Wildman–Crippen LogP) is 5.62. The maximum atomic E-state index is 13.7. The fraction of sp³-hybridized carbons (Fsp3) is 0.308. The Morgan fingerprint density at radius 3 is 2.29 bits per heavy atom. The molecule has 2 aliphatic rings. The molecule has 2 aromatic carbocycles. The first-order valence-corrected chi connectivity index (χ1v) is 11.4. The summed E-state index contributed by atoms with van der Waals surface area (Å²) in [7, 11) is 4.72. The number of benzene rings is 2. The molecule has 0 spiro atoms. The van der Waals surface area contributed by atoms with Gasteiger partial charge in [0.15, 0.2) is 17.3 Å². The van der Waals surface area contributed by atoms with Crippen molar-refractivity contribution in [2.24, 2.45) is 0 Å². The maximum absolute atomic E-state index is 13.7. The summed E-state index contributed by atoms with van der Waals surface area (Å²) in [6.07, 6.45) is 1.07. The molecular weight excluding hydrogens is 456 g/mol. The molecule has 7 nitrogen and oxygen atoms in total. The van der Waals surface area contributed by atoms with E-state index in [0.29, 0.717) is 41.0 Å². The fourth-order valence-corrected chi connectivity index (χ4v) is 5.17. The second kappa shape index (κ2) is 8.72. The number of nitrogens with zero attached hydrogens (tertiary/aromatic N) is 1. The van der Waals surface area contributed by atoms with E-state index in [1.54, 1.807) is 21.3 Å². The van der Waals surface area contributed by atoms with E-state index < -0.39 is 0 Å². The average Bonchev–Trinajstić information content (AvgIpc) is 3.22. The summed E-state index contributed by atoms with van der Waals surface area (Å²) in [5.41, 5.74) is 5.05. The van der Waals surface area contributed by atoms with Gasteiger partial charge in [0.1, 0.15) is 0 Å². The average molecular weight is 481 g/mol. The molecule has 0 saturated carbocycles. The van der Waals surface area contributed by atoms with E-state index >= 15 is 0 Å². The van der Waals surface area contributed by atoms with Gasteiger partial charge in [-0.15, -0.1) is 0 Å². The van der Waals surface area contributed by atoms with Crippen LogP contribution in [-0.2, 0) is 4.79 Å². The van der Waals surface area contributed by atoms with Crippen molar-refractivity contribution < 1.29 is 23.5 Å². The highest BCUT2D eigenvalue weighted by Crippen LogP contribution is 2.51. The summed E-state index contributed by atoms with van der Waals surface area (Å²) in [5.74, 6) is 1.85. The molecular formula is C26H25ClN2O5. The standard InChI is InChI=1S/C26H25ClN2O5/c1-13-22-23(16-11-20(31-2)25(33-4)21(12-16)32-3)24-18(28-26(22)34-29-13)9-15(10-19(24)30)14-5-7-17(27)8-6-14/h5-8,11-12,15,23,28H,9-10H2,1-4H3/t15-,23+/m0/s1. The first kappa shape index (κ1) is 22.3. The topological polar surface area (TPSA) is 82.8 Å². The van der Waals surface area contributed by atoms with Gasteiger partial charge in [-0.1, -0.05) is 28.9 Å². The van der Waals surface area contributed by atoms with Crippen LogP contribution < -0.4 is 19.5 Å². The molecule has 0 fully saturated rings. The van der Waals surface area contributed by atoms with E-state index in [2.05, 4.69) is 10.5 Å². The van der Waals surface area contributed by atoms with Crippen LogP contribution in [0.4, 0.5) is 5.88 Å². The molecule has 1 aliphatic carbocycles. The first-order valence-electron chi connectivity index (χ1n) is 11.0. The zero-order valence-corrected chi connectivity index (χ0v) is 20.2. The number of aryl methyl sites for hydroxylation is 1. The van der Waals surface area contributed by atoms with Crippen molar-refractivity contribution >= 4 is 23.3 Å². The minimum Gasteiger partial charge on any atom is -0.493 e. The summed E-state index contributed by atoms with van der Waals surface area (Å²) in [4.78, 5) is 13.7. The van der Waals surface area contributed by atoms with Crippen LogP contribution in [0.1, 0.15) is 47.1 Å². The zero-order chi connectivity index (χ0) is 24.0. The largest absolute Gasteiger partial charge is 0.493 e. The second-order valence-electron chi connectivity index (χ2n) is 8.50. The van der Waals surface area contributed by atoms with Gasteiger partial charge in [-0.2, -0.15) is 0 Å². The molecule has 2 heterocycles. The number of allylic oxidation sites excluding steroid dienone is 2. The summed E-state index contributed by atoms with van der Waals surface area (Å²) in [6, 6.07) is 11.4. The lowest BCUT2D eigenvalue weighted by Gasteiger charge is -2.34. The number of fused-ring (bicyclic) bond motifs is 1. The van der Waals surface area contributed by atoms with Crippen molar-refractivity contribution in [2.75, 3.05) is 26.6 Å². The highest BCUT2D eigenvalue weighted by Gasteiger charge is 2.41. The molecule has 1 aromatic heterocycles. The number of ether oxygens (including phenoxy) is 3. The lowest BCUT2D eigenvalue weighted by Crippen LogP contribution is -2.29. The Kier molecular flexibility index (Phi) is 5.73. The predicted molar refractivity (Wildman–Crippen MR) is 128 cm³/mol. The number of ketones is 1. The first-order chi connectivity index (χ1) is 16.4. The van der Waals surface area contributed by atoms with Crippen LogP contribution in [0.5, 0.6) is 17.2 Å². The summed E-state index contributed by atoms with van der Waals surface area (Å²) in [5, 5.41) is 8.21. The van der Waals surface area contributed by atoms with E-state index in [0.717, 1.165) is 33.7 Å². The molecule has 2 atom stereocenters. The van der Waals surface area contributed by atoms with Crippen LogP contribution >= 0.6 is 11.6 Å². The monoisotopic (exact) mass is 480 g/mol. The lowest BCUT2D eigenvalue weighted by molar-refractivity contribution is -0.116. The Morgan fingerprint density at radius 1 is 1.00 bits per heavy atom. The second-order valence-corrected chi connectivity index (χ2v) is 8.94. The molecule has 0 radical (unpaired) electrons. The number of carbonyl (C=O) groups excluding carboxylic acids is 1. The molecule has 3 aromatic rings. The molecule has 1 N–H and O–H groups in total. The number of hydrogen-bond donors (Lipinski definition) is 1. The number of rotatable bonds is 5. The van der Waals surface area contributed by atoms with Crippen LogP contribution in [-0.4, -0.2) is 32.3 Å². The molecule has 0 bridgehead atoms. The van der Waals surface area contributed by atoms with Gasteiger partial charge in [-0.3, -0.25) is 4.79 Å². The van der Waals surface area contributed by atoms with Crippen molar-refractivity contribution in [1.82, 2.24) is 5.16 Å². The minimum absolute atomic E-state index is 0.0437. The van der Waals surface area contributed by atoms with Gasteiger partial charge in [0, 0.05) is 28.6 Å². The van der Waals surface area contributed by atoms with Crippen LogP contribution in [0.2, 0.25) is 5.02 Å². The quantitative estimate of drug-likeness (QED) is 0.507. The summed E-state index contributed by atoms with van der Waals surface area (Å²) >= 11 is 6.07. The Morgan fingerprint density at radius 2 is 1.68 bits per heavy atom. The van der Waals surface area contributed by atoms with Crippen molar-refractivity contribution in [3.05, 3.63) is 75.1 Å². The van der Waals surface area contributed by atoms with Gasteiger partial charge in [-0.25, -0.2) is 0 Å². The van der Waals surface area contributed by atoms with Gasteiger partial charge in [0.2, 0.25) is 11.6 Å². The Bertz CT molecular complexity index is 1270. The molecule has 0 unspecified atom stereocenters. The van der Waals surface area contributed by atoms with Crippen molar-refractivity contribution in [2.45, 2.75) is 31.6 Å². The summed E-state index contributed by atoms with van der Waals surface area (Å²) in [6.45, 7) is 1.88. The van der Waals surface area contributed by atoms with Crippen LogP contribution in [0.3, 0.4) is 0 Å². The van der Waals surface area contributed by atoms with Gasteiger partial charge in [0.05, 0.1) is 32.6 Å². The Hall–Kier alpha value is -3.45. The van der Waals surface area contributed by atoms with Crippen molar-refractivity contribution in [3.8, 4) is 17.2 Å². The number of halogens is 1. The SMILES string of the molecule is COc1cc([C@H]2C3=C(C[C@H](c4ccc(Cl)cc4)CC3=O)Nc3onc(C)c32)cc(OC)c1OC. The van der Waals surface area contributed by atoms with Gasteiger partial charge in [0.25, 0.3) is 0 Å². The number of aromatic nitrogens is 1. The third-order valence-corrected chi connectivity index (χ3v) is 6.87. The van der Waals surface area contributed by atoms with Crippen LogP contribution in [0.15, 0.2) is 52.2 Å². The Balaban J connectivity index is 1.65. The molecule has 1 aliphatic heterocycles. The lowest BCUT2D eigenvalue weighted by atomic mass is 9.72. The highest BCUT2D eigenvalue weighted by molar-refractivity contribution is 6.30. The molecule has 0 saturated heterocycles. The molecule has 8 heteroatoms. The number of anilines is 1. The number of hydrogen-bond acceptors (Lipinski definition) is 7. The Labute approximate surface area is 202 Å². The van der Waals surface area contributed by atoms with Crippen LogP contribution in [0, 0.1) is 6.92 Å². The molecule has 0 amide bonds. The number of nitrogens with one attached hydrogen (secondary N) is 1. The zero-order valence-electron chi connectivity index (χ0n) is 19.4. The highest BCUT2D eigenvalue weighted by atomic mass is 35.5. The number of Topliss-reactive ketones (excluding diaryl/α,β-unsaturated/α-hetero) is 1. The van der Waals surface area contributed by atoms with E-state index in [4.69, 9.17) is 30.3 Å². The van der Waals surface area contributed by atoms with Crippen molar-refractivity contribution in [3.63, 3.8) is 0 Å². The molecule has 5 rings (SSSR count). The van der Waals surface area contributed by atoms with E-state index in [1.165, 1.54) is 0 Å². The minimum atomic E-state index is -0.370. The number of carbonyl (C=O) groups is 1. The fourth-order valence-electron chi connectivity index (χ4n) is 5.04. The van der Waals surface area contributed by atoms with Gasteiger partial charge in [-0.05, 0) is 54.7 Å². The maximum Gasteiger partial charge on any atom is 0.233 e. The van der Waals surface area contributed by atoms with E-state index in [1.807, 2.05) is 43.3 Å². The molecule has 34 heavy (non-hydrogen) atoms. The summed E-state index contributed by atoms with van der Waals surface area (Å²) < 4.78 is 22.3. The third-order valence-electron chi connectivity index (χ3n) is 6.62. The molecule has 176 valence electrons. The van der Waals surface area contributed by atoms with Crippen LogP contribution in [0.25, 0.3) is 0 Å². The smallest absolute Gasteiger partial charge is 0.233 e. The van der Waals surface area contributed by atoms with Crippen molar-refractivity contribution in [1.29, 1.82) is 0 Å². The third kappa shape index (κ3) is 3.60. The number of methoxy groups -OCH3 is 3. The van der Waals surface area contributed by atoms with Gasteiger partial charge >= 0.3 is 0 Å². The van der Waals surface area contributed by atoms with E-state index in [-0.39, 0.29) is 17.6 Å². The normalized spacial score (nSPS) is 19.3.